The average Bonchev–Trinajstić information content (AvgIpc) is 2.45. The van der Waals surface area contributed by atoms with Gasteiger partial charge in [-0.05, 0) is 31.5 Å². The number of amides is 1. The van der Waals surface area contributed by atoms with Gasteiger partial charge in [0.15, 0.2) is 0 Å². The Morgan fingerprint density at radius 1 is 1.45 bits per heavy atom. The maximum atomic E-state index is 12.3. The van der Waals surface area contributed by atoms with Crippen LogP contribution in [0, 0.1) is 5.41 Å². The third-order valence-electron chi connectivity index (χ3n) is 3.41. The second kappa shape index (κ2) is 6.72. The average molecular weight is 299 g/mol. The summed E-state index contributed by atoms with van der Waals surface area (Å²) in [6.07, 6.45) is 0.587. The van der Waals surface area contributed by atoms with Crippen molar-refractivity contribution in [2.24, 2.45) is 11.1 Å². The molecule has 0 aromatic heterocycles. The Balaban J connectivity index is 3.11. The highest BCUT2D eigenvalue weighted by atomic mass is 35.5. The predicted octanol–water partition coefficient (Wildman–Crippen LogP) is 2.44. The standard InChI is InChI=1S/C14H19ClN2O3/c1-4-14(2,8-16)13(19)17-11-7-9(15)5-6-10(11)12(18)20-3/h5-7H,4,8,16H2,1-3H3,(H,17,19). The van der Waals surface area contributed by atoms with Crippen LogP contribution in [0.5, 0.6) is 0 Å². The van der Waals surface area contributed by atoms with Gasteiger partial charge in [-0.2, -0.15) is 0 Å². The summed E-state index contributed by atoms with van der Waals surface area (Å²) in [5.74, 6) is -0.794. The molecule has 20 heavy (non-hydrogen) atoms. The van der Waals surface area contributed by atoms with E-state index in [2.05, 4.69) is 10.1 Å². The van der Waals surface area contributed by atoms with Crippen molar-refractivity contribution in [3.8, 4) is 0 Å². The summed E-state index contributed by atoms with van der Waals surface area (Å²) in [6.45, 7) is 3.86. The molecule has 6 heteroatoms. The second-order valence-electron chi connectivity index (χ2n) is 4.75. The second-order valence-corrected chi connectivity index (χ2v) is 5.19. The molecule has 0 heterocycles. The highest BCUT2D eigenvalue weighted by Gasteiger charge is 2.30. The quantitative estimate of drug-likeness (QED) is 0.818. The van der Waals surface area contributed by atoms with Crippen LogP contribution >= 0.6 is 11.6 Å². The summed E-state index contributed by atoms with van der Waals surface area (Å²) in [4.78, 5) is 24.0. The van der Waals surface area contributed by atoms with Crippen LogP contribution in [0.25, 0.3) is 0 Å². The third-order valence-corrected chi connectivity index (χ3v) is 3.65. The molecule has 110 valence electrons. The zero-order chi connectivity index (χ0) is 15.3. The van der Waals surface area contributed by atoms with Gasteiger partial charge >= 0.3 is 5.97 Å². The van der Waals surface area contributed by atoms with E-state index in [-0.39, 0.29) is 18.0 Å². The molecule has 1 amide bonds. The van der Waals surface area contributed by atoms with Gasteiger partial charge in [-0.25, -0.2) is 4.79 Å². The van der Waals surface area contributed by atoms with Gasteiger partial charge in [-0.3, -0.25) is 4.79 Å². The van der Waals surface area contributed by atoms with E-state index in [1.165, 1.54) is 19.2 Å². The van der Waals surface area contributed by atoms with Crippen LogP contribution in [-0.4, -0.2) is 25.5 Å². The predicted molar refractivity (Wildman–Crippen MR) is 78.9 cm³/mol. The third kappa shape index (κ3) is 3.49. The van der Waals surface area contributed by atoms with Crippen LogP contribution in [0.2, 0.25) is 5.02 Å². The van der Waals surface area contributed by atoms with Crippen LogP contribution in [0.4, 0.5) is 5.69 Å². The molecular weight excluding hydrogens is 280 g/mol. The van der Waals surface area contributed by atoms with E-state index in [0.717, 1.165) is 0 Å². The summed E-state index contributed by atoms with van der Waals surface area (Å²) < 4.78 is 4.68. The van der Waals surface area contributed by atoms with Crippen LogP contribution in [-0.2, 0) is 9.53 Å². The zero-order valence-corrected chi connectivity index (χ0v) is 12.6. The van der Waals surface area contributed by atoms with Crippen molar-refractivity contribution < 1.29 is 14.3 Å². The first-order valence-corrected chi connectivity index (χ1v) is 6.65. The lowest BCUT2D eigenvalue weighted by Crippen LogP contribution is -2.39. The van der Waals surface area contributed by atoms with Crippen molar-refractivity contribution in [3.05, 3.63) is 28.8 Å². The van der Waals surface area contributed by atoms with Crippen molar-refractivity contribution >= 4 is 29.2 Å². The van der Waals surface area contributed by atoms with Crippen LogP contribution in [0.1, 0.15) is 30.6 Å². The fourth-order valence-electron chi connectivity index (χ4n) is 1.58. The molecule has 3 N–H and O–H groups in total. The largest absolute Gasteiger partial charge is 0.465 e. The van der Waals surface area contributed by atoms with Crippen LogP contribution < -0.4 is 11.1 Å². The molecule has 5 nitrogen and oxygen atoms in total. The molecule has 0 fully saturated rings. The van der Waals surface area contributed by atoms with Gasteiger partial charge < -0.3 is 15.8 Å². The number of nitrogens with one attached hydrogen (secondary N) is 1. The molecule has 1 aromatic rings. The van der Waals surface area contributed by atoms with E-state index in [1.54, 1.807) is 13.0 Å². The van der Waals surface area contributed by atoms with Gasteiger partial charge in [0.05, 0.1) is 23.8 Å². The molecule has 0 radical (unpaired) electrons. The lowest BCUT2D eigenvalue weighted by Gasteiger charge is -2.25. The number of ether oxygens (including phenoxy) is 1. The van der Waals surface area contributed by atoms with Crippen molar-refractivity contribution in [1.29, 1.82) is 0 Å². The van der Waals surface area contributed by atoms with Gasteiger partial charge in [0, 0.05) is 11.6 Å². The molecule has 0 saturated heterocycles. The molecule has 0 aliphatic heterocycles. The molecular formula is C14H19ClN2O3. The number of halogens is 1. The maximum Gasteiger partial charge on any atom is 0.339 e. The lowest BCUT2D eigenvalue weighted by atomic mass is 9.86. The Hall–Kier alpha value is -1.59. The molecule has 1 atom stereocenters. The first kappa shape index (κ1) is 16.5. The Morgan fingerprint density at radius 2 is 2.10 bits per heavy atom. The summed E-state index contributed by atoms with van der Waals surface area (Å²) >= 11 is 5.90. The first-order valence-electron chi connectivity index (χ1n) is 6.27. The molecule has 1 aromatic carbocycles. The molecule has 1 unspecified atom stereocenters. The number of anilines is 1. The van der Waals surface area contributed by atoms with Gasteiger partial charge in [-0.1, -0.05) is 18.5 Å². The minimum Gasteiger partial charge on any atom is -0.465 e. The van der Waals surface area contributed by atoms with Crippen LogP contribution in [0.15, 0.2) is 18.2 Å². The fourth-order valence-corrected chi connectivity index (χ4v) is 1.75. The molecule has 0 aliphatic carbocycles. The lowest BCUT2D eigenvalue weighted by molar-refractivity contribution is -0.124. The minimum absolute atomic E-state index is 0.212. The topological polar surface area (TPSA) is 81.4 Å². The monoisotopic (exact) mass is 298 g/mol. The SMILES string of the molecule is CCC(C)(CN)C(=O)Nc1cc(Cl)ccc1C(=O)OC. The molecule has 0 spiro atoms. The number of methoxy groups -OCH3 is 1. The molecule has 0 saturated carbocycles. The van der Waals surface area contributed by atoms with Crippen molar-refractivity contribution in [2.45, 2.75) is 20.3 Å². The molecule has 1 rings (SSSR count). The number of rotatable bonds is 5. The van der Waals surface area contributed by atoms with Crippen molar-refractivity contribution in [3.63, 3.8) is 0 Å². The Labute approximate surface area is 123 Å². The Kier molecular flexibility index (Phi) is 5.53. The zero-order valence-electron chi connectivity index (χ0n) is 11.8. The van der Waals surface area contributed by atoms with Gasteiger partial charge in [-0.15, -0.1) is 0 Å². The van der Waals surface area contributed by atoms with E-state index < -0.39 is 11.4 Å². The summed E-state index contributed by atoms with van der Waals surface area (Å²) in [6, 6.07) is 4.58. The van der Waals surface area contributed by atoms with Gasteiger partial charge in [0.1, 0.15) is 0 Å². The highest BCUT2D eigenvalue weighted by molar-refractivity contribution is 6.31. The summed E-state index contributed by atoms with van der Waals surface area (Å²) in [5.41, 5.74) is 5.52. The number of nitrogens with two attached hydrogens (primary N) is 1. The number of esters is 1. The molecule has 0 bridgehead atoms. The number of carbonyl (C=O) groups excluding carboxylic acids is 2. The number of carbonyl (C=O) groups is 2. The number of hydrogen-bond acceptors (Lipinski definition) is 4. The van der Waals surface area contributed by atoms with Gasteiger partial charge in [0.25, 0.3) is 0 Å². The van der Waals surface area contributed by atoms with E-state index in [4.69, 9.17) is 17.3 Å². The van der Waals surface area contributed by atoms with Gasteiger partial charge in [0.2, 0.25) is 5.91 Å². The van der Waals surface area contributed by atoms with Crippen LogP contribution in [0.3, 0.4) is 0 Å². The maximum absolute atomic E-state index is 12.3. The molecule has 0 aliphatic rings. The summed E-state index contributed by atoms with van der Waals surface area (Å²) in [5, 5.41) is 3.12. The fraction of sp³-hybridized carbons (Fsp3) is 0.429. The van der Waals surface area contributed by atoms with Crippen molar-refractivity contribution in [2.75, 3.05) is 19.0 Å². The minimum atomic E-state index is -0.699. The number of hydrogen-bond donors (Lipinski definition) is 2. The van der Waals surface area contributed by atoms with E-state index >= 15 is 0 Å². The highest BCUT2D eigenvalue weighted by Crippen LogP contribution is 2.26. The Bertz CT molecular complexity index is 513. The first-order chi connectivity index (χ1) is 9.37. The van der Waals surface area contributed by atoms with E-state index in [0.29, 0.717) is 17.1 Å². The van der Waals surface area contributed by atoms with Crippen molar-refractivity contribution in [1.82, 2.24) is 0 Å². The summed E-state index contributed by atoms with van der Waals surface area (Å²) in [7, 11) is 1.28. The Morgan fingerprint density at radius 3 is 2.60 bits per heavy atom. The van der Waals surface area contributed by atoms with E-state index in [1.807, 2.05) is 6.92 Å². The van der Waals surface area contributed by atoms with E-state index in [9.17, 15) is 9.59 Å². The smallest absolute Gasteiger partial charge is 0.339 e. The normalized spacial score (nSPS) is 13.4. The number of benzene rings is 1.